The molecule has 0 saturated heterocycles. The highest BCUT2D eigenvalue weighted by atomic mass is 19.4. The predicted molar refractivity (Wildman–Crippen MR) is 84.9 cm³/mol. The molecule has 2 aromatic rings. The highest BCUT2D eigenvalue weighted by Crippen LogP contribution is 2.32. The number of hydrogen-bond donors (Lipinski definition) is 2. The molecule has 2 N–H and O–H groups in total. The molecule has 0 saturated carbocycles. The Hall–Kier alpha value is -2.83. The summed E-state index contributed by atoms with van der Waals surface area (Å²) in [6.07, 6.45) is -5.09. The van der Waals surface area contributed by atoms with Crippen LogP contribution in [0.15, 0.2) is 54.6 Å². The van der Waals surface area contributed by atoms with Crippen LogP contribution in [0.4, 0.5) is 13.2 Å². The maximum atomic E-state index is 13.0. The molecule has 0 aromatic heterocycles. The number of halogens is 3. The first-order valence-electron chi connectivity index (χ1n) is 7.48. The van der Waals surface area contributed by atoms with Gasteiger partial charge in [0.25, 0.3) is 0 Å². The standard InChI is InChI=1S/C18H16F3NO3/c19-18(20,21)14-9-5-4-8-13(14)11-15(17(24)25)22-16(23)10-12-6-2-1-3-7-12/h1-9,15H,10-11H2,(H,22,23)(H,24,25)/t15-/m1/s1. The lowest BCUT2D eigenvalue weighted by Gasteiger charge is -2.18. The van der Waals surface area contributed by atoms with Gasteiger partial charge in [0, 0.05) is 6.42 Å². The van der Waals surface area contributed by atoms with E-state index in [0.717, 1.165) is 6.07 Å². The lowest BCUT2D eigenvalue weighted by molar-refractivity contribution is -0.142. The van der Waals surface area contributed by atoms with Gasteiger partial charge < -0.3 is 10.4 Å². The van der Waals surface area contributed by atoms with E-state index < -0.39 is 36.1 Å². The van der Waals surface area contributed by atoms with E-state index in [1.54, 1.807) is 30.3 Å². The second-order valence-electron chi connectivity index (χ2n) is 5.48. The summed E-state index contributed by atoms with van der Waals surface area (Å²) >= 11 is 0. The van der Waals surface area contributed by atoms with Gasteiger partial charge in [0.1, 0.15) is 6.04 Å². The van der Waals surface area contributed by atoms with Crippen molar-refractivity contribution in [3.63, 3.8) is 0 Å². The van der Waals surface area contributed by atoms with Crippen molar-refractivity contribution in [3.8, 4) is 0 Å². The fourth-order valence-corrected chi connectivity index (χ4v) is 2.42. The number of nitrogens with one attached hydrogen (secondary N) is 1. The average molecular weight is 351 g/mol. The van der Waals surface area contributed by atoms with Crippen LogP contribution in [0, 0.1) is 0 Å². The maximum absolute atomic E-state index is 13.0. The first-order valence-corrected chi connectivity index (χ1v) is 7.48. The third-order valence-corrected chi connectivity index (χ3v) is 3.59. The molecule has 1 atom stereocenters. The summed E-state index contributed by atoms with van der Waals surface area (Å²) in [6, 6.07) is 11.9. The van der Waals surface area contributed by atoms with Crippen molar-refractivity contribution in [2.24, 2.45) is 0 Å². The van der Waals surface area contributed by atoms with Gasteiger partial charge in [-0.1, -0.05) is 48.5 Å². The van der Waals surface area contributed by atoms with Gasteiger partial charge in [-0.05, 0) is 17.2 Å². The molecule has 0 unspecified atom stereocenters. The van der Waals surface area contributed by atoms with E-state index >= 15 is 0 Å². The molecular formula is C18H16F3NO3. The number of amides is 1. The van der Waals surface area contributed by atoms with Crippen LogP contribution in [0.25, 0.3) is 0 Å². The van der Waals surface area contributed by atoms with Gasteiger partial charge in [-0.2, -0.15) is 13.2 Å². The molecule has 0 fully saturated rings. The van der Waals surface area contributed by atoms with Crippen molar-refractivity contribution in [3.05, 3.63) is 71.3 Å². The molecule has 1 amide bonds. The van der Waals surface area contributed by atoms with Crippen molar-refractivity contribution in [2.45, 2.75) is 25.1 Å². The summed E-state index contributed by atoms with van der Waals surface area (Å²) in [4.78, 5) is 23.4. The number of benzene rings is 2. The zero-order valence-corrected chi connectivity index (χ0v) is 13.1. The molecule has 132 valence electrons. The lowest BCUT2D eigenvalue weighted by atomic mass is 9.99. The Bertz CT molecular complexity index is 745. The zero-order valence-electron chi connectivity index (χ0n) is 13.1. The van der Waals surface area contributed by atoms with Gasteiger partial charge in [-0.25, -0.2) is 4.79 Å². The first kappa shape index (κ1) is 18.5. The van der Waals surface area contributed by atoms with Gasteiger partial charge in [0.05, 0.1) is 12.0 Å². The van der Waals surface area contributed by atoms with Gasteiger partial charge >= 0.3 is 12.1 Å². The van der Waals surface area contributed by atoms with E-state index in [1.807, 2.05) is 0 Å². The van der Waals surface area contributed by atoms with Gasteiger partial charge in [-0.3, -0.25) is 4.79 Å². The predicted octanol–water partition coefficient (Wildman–Crippen LogP) is 3.06. The Labute approximate surface area is 142 Å². The van der Waals surface area contributed by atoms with E-state index in [2.05, 4.69) is 5.32 Å². The maximum Gasteiger partial charge on any atom is 0.416 e. The average Bonchev–Trinajstić information content (AvgIpc) is 2.54. The van der Waals surface area contributed by atoms with Crippen LogP contribution in [0.1, 0.15) is 16.7 Å². The molecule has 25 heavy (non-hydrogen) atoms. The van der Waals surface area contributed by atoms with Crippen LogP contribution in [0.2, 0.25) is 0 Å². The lowest BCUT2D eigenvalue weighted by Crippen LogP contribution is -2.43. The minimum absolute atomic E-state index is 0.0501. The zero-order chi connectivity index (χ0) is 18.4. The molecule has 0 spiro atoms. The smallest absolute Gasteiger partial charge is 0.416 e. The SMILES string of the molecule is O=C(Cc1ccccc1)N[C@H](Cc1ccccc1C(F)(F)F)C(=O)O. The largest absolute Gasteiger partial charge is 0.480 e. The number of carboxylic acids is 1. The molecule has 7 heteroatoms. The number of hydrogen-bond acceptors (Lipinski definition) is 2. The number of rotatable bonds is 6. The van der Waals surface area contributed by atoms with Gasteiger partial charge in [0.15, 0.2) is 0 Å². The Kier molecular flexibility index (Phi) is 5.80. The number of carbonyl (C=O) groups excluding carboxylic acids is 1. The number of carboxylic acid groups (broad SMARTS) is 1. The molecule has 0 aliphatic rings. The summed E-state index contributed by atoms with van der Waals surface area (Å²) in [5, 5.41) is 11.5. The van der Waals surface area contributed by atoms with Crippen LogP contribution in [0.3, 0.4) is 0 Å². The van der Waals surface area contributed by atoms with Gasteiger partial charge in [0.2, 0.25) is 5.91 Å². The topological polar surface area (TPSA) is 66.4 Å². The van der Waals surface area contributed by atoms with Crippen molar-refractivity contribution in [1.82, 2.24) is 5.32 Å². The Morgan fingerprint density at radius 1 is 1.00 bits per heavy atom. The second kappa shape index (κ2) is 7.83. The normalized spacial score (nSPS) is 12.4. The summed E-state index contributed by atoms with van der Waals surface area (Å²) in [5.74, 6) is -1.96. The minimum Gasteiger partial charge on any atom is -0.480 e. The number of aliphatic carboxylic acids is 1. The summed E-state index contributed by atoms with van der Waals surface area (Å²) < 4.78 is 39.0. The monoisotopic (exact) mass is 351 g/mol. The van der Waals surface area contributed by atoms with E-state index in [-0.39, 0.29) is 12.0 Å². The van der Waals surface area contributed by atoms with Crippen molar-refractivity contribution >= 4 is 11.9 Å². The van der Waals surface area contributed by atoms with E-state index in [0.29, 0.717) is 5.56 Å². The van der Waals surface area contributed by atoms with Crippen molar-refractivity contribution in [2.75, 3.05) is 0 Å². The van der Waals surface area contributed by atoms with E-state index in [1.165, 1.54) is 18.2 Å². The second-order valence-corrected chi connectivity index (χ2v) is 5.48. The third-order valence-electron chi connectivity index (χ3n) is 3.59. The molecular weight excluding hydrogens is 335 g/mol. The minimum atomic E-state index is -4.59. The highest BCUT2D eigenvalue weighted by Gasteiger charge is 2.34. The number of alkyl halides is 3. The fraction of sp³-hybridized carbons (Fsp3) is 0.222. The van der Waals surface area contributed by atoms with Crippen LogP contribution >= 0.6 is 0 Å². The summed E-state index contributed by atoms with van der Waals surface area (Å²) in [7, 11) is 0. The molecule has 0 aliphatic heterocycles. The van der Waals surface area contributed by atoms with Crippen LogP contribution in [-0.4, -0.2) is 23.0 Å². The third kappa shape index (κ3) is 5.34. The summed E-state index contributed by atoms with van der Waals surface area (Å²) in [5.41, 5.74) is -0.402. The van der Waals surface area contributed by atoms with E-state index in [9.17, 15) is 27.9 Å². The Morgan fingerprint density at radius 2 is 1.60 bits per heavy atom. The Balaban J connectivity index is 2.12. The van der Waals surface area contributed by atoms with Crippen LogP contribution in [0.5, 0.6) is 0 Å². The van der Waals surface area contributed by atoms with Crippen LogP contribution in [-0.2, 0) is 28.6 Å². The molecule has 4 nitrogen and oxygen atoms in total. The molecule has 0 aliphatic carbocycles. The van der Waals surface area contributed by atoms with E-state index in [4.69, 9.17) is 0 Å². The first-order chi connectivity index (χ1) is 11.8. The molecule has 0 radical (unpaired) electrons. The number of carbonyl (C=O) groups is 2. The summed E-state index contributed by atoms with van der Waals surface area (Å²) in [6.45, 7) is 0. The van der Waals surface area contributed by atoms with Crippen molar-refractivity contribution in [1.29, 1.82) is 0 Å². The quantitative estimate of drug-likeness (QED) is 0.841. The molecule has 2 aromatic carbocycles. The molecule has 0 heterocycles. The Morgan fingerprint density at radius 3 is 2.20 bits per heavy atom. The van der Waals surface area contributed by atoms with Crippen LogP contribution < -0.4 is 5.32 Å². The van der Waals surface area contributed by atoms with Crippen molar-refractivity contribution < 1.29 is 27.9 Å². The highest BCUT2D eigenvalue weighted by molar-refractivity contribution is 5.85. The molecule has 0 bridgehead atoms. The van der Waals surface area contributed by atoms with Gasteiger partial charge in [-0.15, -0.1) is 0 Å². The fourth-order valence-electron chi connectivity index (χ4n) is 2.42. The molecule has 2 rings (SSSR count).